The molecule has 0 aliphatic heterocycles. The van der Waals surface area contributed by atoms with Crippen LogP contribution in [0.1, 0.15) is 31.9 Å². The number of unbranched alkanes of at least 4 members (excludes halogenated alkanes) is 1. The third-order valence-electron chi connectivity index (χ3n) is 1.79. The smallest absolute Gasteiger partial charge is 0.220 e. The summed E-state index contributed by atoms with van der Waals surface area (Å²) in [5.74, 6) is 0.0819. The number of thiazole rings is 1. The summed E-state index contributed by atoms with van der Waals surface area (Å²) in [5.41, 5.74) is 6.29. The molecule has 0 saturated carbocycles. The van der Waals surface area contributed by atoms with Crippen LogP contribution in [0.3, 0.4) is 0 Å². The Kier molecular flexibility index (Phi) is 4.39. The first kappa shape index (κ1) is 11.0. The molecule has 1 aromatic rings. The van der Waals surface area contributed by atoms with Gasteiger partial charge in [-0.05, 0) is 6.42 Å². The fraction of sp³-hybridized carbons (Fsp3) is 0.556. The molecule has 1 heterocycles. The van der Waals surface area contributed by atoms with E-state index in [1.807, 2.05) is 5.38 Å². The van der Waals surface area contributed by atoms with E-state index < -0.39 is 0 Å². The van der Waals surface area contributed by atoms with Gasteiger partial charge in [-0.25, -0.2) is 4.98 Å². The van der Waals surface area contributed by atoms with E-state index >= 15 is 0 Å². The monoisotopic (exact) mass is 213 g/mol. The molecule has 0 unspecified atom stereocenters. The van der Waals surface area contributed by atoms with Crippen LogP contribution in [0.5, 0.6) is 0 Å². The van der Waals surface area contributed by atoms with Gasteiger partial charge in [-0.15, -0.1) is 11.3 Å². The molecule has 78 valence electrons. The molecule has 3 N–H and O–H groups in total. The lowest BCUT2D eigenvalue weighted by atomic mass is 10.2. The van der Waals surface area contributed by atoms with Crippen LogP contribution in [0.2, 0.25) is 0 Å². The van der Waals surface area contributed by atoms with Crippen molar-refractivity contribution in [2.45, 2.75) is 32.7 Å². The van der Waals surface area contributed by atoms with E-state index in [0.717, 1.165) is 18.5 Å². The number of anilines is 1. The maximum atomic E-state index is 11.2. The minimum atomic E-state index is 0.0819. The fourth-order valence-electron chi connectivity index (χ4n) is 1.02. The highest BCUT2D eigenvalue weighted by atomic mass is 32.1. The van der Waals surface area contributed by atoms with Crippen molar-refractivity contribution < 1.29 is 4.79 Å². The third kappa shape index (κ3) is 3.74. The highest BCUT2D eigenvalue weighted by Gasteiger charge is 2.02. The molecule has 0 spiro atoms. The van der Waals surface area contributed by atoms with Crippen LogP contribution in [-0.4, -0.2) is 10.9 Å². The van der Waals surface area contributed by atoms with Crippen molar-refractivity contribution in [2.75, 3.05) is 5.73 Å². The largest absolute Gasteiger partial charge is 0.375 e. The standard InChI is InChI=1S/C9H15N3OS/c1-2-3-4-8(13)11-5-7-6-14-9(10)12-7/h6H,2-5H2,1H3,(H2,10,12)(H,11,13). The average molecular weight is 213 g/mol. The second-order valence-electron chi connectivity index (χ2n) is 3.06. The van der Waals surface area contributed by atoms with E-state index in [1.165, 1.54) is 11.3 Å². The van der Waals surface area contributed by atoms with Gasteiger partial charge in [0.05, 0.1) is 12.2 Å². The molecule has 5 heteroatoms. The van der Waals surface area contributed by atoms with Gasteiger partial charge in [0.1, 0.15) is 0 Å². The Morgan fingerprint density at radius 1 is 1.71 bits per heavy atom. The van der Waals surface area contributed by atoms with Crippen LogP contribution in [0.4, 0.5) is 5.13 Å². The molecule has 0 bridgehead atoms. The third-order valence-corrected chi connectivity index (χ3v) is 2.52. The van der Waals surface area contributed by atoms with Crippen molar-refractivity contribution in [1.82, 2.24) is 10.3 Å². The molecule has 0 atom stereocenters. The van der Waals surface area contributed by atoms with Gasteiger partial charge in [-0.3, -0.25) is 4.79 Å². The van der Waals surface area contributed by atoms with E-state index in [1.54, 1.807) is 0 Å². The number of aromatic nitrogens is 1. The van der Waals surface area contributed by atoms with Crippen LogP contribution >= 0.6 is 11.3 Å². The number of amides is 1. The van der Waals surface area contributed by atoms with Gasteiger partial charge in [0.25, 0.3) is 0 Å². The fourth-order valence-corrected chi connectivity index (χ4v) is 1.58. The average Bonchev–Trinajstić information content (AvgIpc) is 2.58. The van der Waals surface area contributed by atoms with Crippen LogP contribution in [0.25, 0.3) is 0 Å². The topological polar surface area (TPSA) is 68.0 Å². The van der Waals surface area contributed by atoms with Crippen molar-refractivity contribution >= 4 is 22.4 Å². The summed E-state index contributed by atoms with van der Waals surface area (Å²) >= 11 is 1.39. The summed E-state index contributed by atoms with van der Waals surface area (Å²) in [6.07, 6.45) is 2.57. The van der Waals surface area contributed by atoms with Gasteiger partial charge in [0, 0.05) is 11.8 Å². The maximum absolute atomic E-state index is 11.2. The van der Waals surface area contributed by atoms with Crippen LogP contribution in [0.15, 0.2) is 5.38 Å². The van der Waals surface area contributed by atoms with Crippen molar-refractivity contribution in [3.8, 4) is 0 Å². The maximum Gasteiger partial charge on any atom is 0.220 e. The number of nitrogen functional groups attached to an aromatic ring is 1. The van der Waals surface area contributed by atoms with Gasteiger partial charge in [0.15, 0.2) is 5.13 Å². The molecule has 1 aromatic heterocycles. The Morgan fingerprint density at radius 2 is 2.50 bits per heavy atom. The van der Waals surface area contributed by atoms with Crippen LogP contribution in [-0.2, 0) is 11.3 Å². The molecular formula is C9H15N3OS. The van der Waals surface area contributed by atoms with Gasteiger partial charge in [-0.2, -0.15) is 0 Å². The molecule has 0 radical (unpaired) electrons. The lowest BCUT2D eigenvalue weighted by Gasteiger charge is -2.01. The first-order chi connectivity index (χ1) is 6.72. The quantitative estimate of drug-likeness (QED) is 0.779. The second-order valence-corrected chi connectivity index (χ2v) is 3.95. The zero-order valence-electron chi connectivity index (χ0n) is 8.25. The van der Waals surface area contributed by atoms with E-state index in [0.29, 0.717) is 18.1 Å². The molecule has 0 fully saturated rings. The van der Waals surface area contributed by atoms with Crippen molar-refractivity contribution in [1.29, 1.82) is 0 Å². The Hall–Kier alpha value is -1.10. The zero-order chi connectivity index (χ0) is 10.4. The number of carbonyl (C=O) groups excluding carboxylic acids is 1. The summed E-state index contributed by atoms with van der Waals surface area (Å²) in [6, 6.07) is 0. The molecule has 0 aliphatic rings. The number of hydrogen-bond acceptors (Lipinski definition) is 4. The van der Waals surface area contributed by atoms with Gasteiger partial charge in [-0.1, -0.05) is 13.3 Å². The number of carbonyl (C=O) groups is 1. The molecule has 4 nitrogen and oxygen atoms in total. The number of nitrogens with one attached hydrogen (secondary N) is 1. The van der Waals surface area contributed by atoms with Gasteiger partial charge >= 0.3 is 0 Å². The summed E-state index contributed by atoms with van der Waals surface area (Å²) in [6.45, 7) is 2.55. The van der Waals surface area contributed by atoms with Crippen LogP contribution in [0, 0.1) is 0 Å². The van der Waals surface area contributed by atoms with Crippen molar-refractivity contribution in [2.24, 2.45) is 0 Å². The number of nitrogens with two attached hydrogens (primary N) is 1. The predicted octanol–water partition coefficient (Wildman–Crippen LogP) is 1.53. The summed E-state index contributed by atoms with van der Waals surface area (Å²) in [5, 5.41) is 5.20. The number of hydrogen-bond donors (Lipinski definition) is 2. The van der Waals surface area contributed by atoms with Crippen LogP contribution < -0.4 is 11.1 Å². The lowest BCUT2D eigenvalue weighted by molar-refractivity contribution is -0.121. The van der Waals surface area contributed by atoms with Crippen molar-refractivity contribution in [3.05, 3.63) is 11.1 Å². The normalized spacial score (nSPS) is 10.1. The Bertz CT molecular complexity index is 298. The number of nitrogens with zero attached hydrogens (tertiary/aromatic N) is 1. The number of rotatable bonds is 5. The van der Waals surface area contributed by atoms with Crippen molar-refractivity contribution in [3.63, 3.8) is 0 Å². The summed E-state index contributed by atoms with van der Waals surface area (Å²) in [4.78, 5) is 15.3. The zero-order valence-corrected chi connectivity index (χ0v) is 9.06. The second kappa shape index (κ2) is 5.59. The Morgan fingerprint density at radius 3 is 3.07 bits per heavy atom. The molecule has 1 amide bonds. The predicted molar refractivity (Wildman–Crippen MR) is 57.9 cm³/mol. The molecule has 0 saturated heterocycles. The Labute approximate surface area is 87.5 Å². The van der Waals surface area contributed by atoms with E-state index in [9.17, 15) is 4.79 Å². The van der Waals surface area contributed by atoms with Gasteiger partial charge in [0.2, 0.25) is 5.91 Å². The Balaban J connectivity index is 2.23. The molecule has 1 rings (SSSR count). The molecule has 14 heavy (non-hydrogen) atoms. The first-order valence-corrected chi connectivity index (χ1v) is 5.57. The highest BCUT2D eigenvalue weighted by Crippen LogP contribution is 2.10. The molecular weight excluding hydrogens is 198 g/mol. The minimum absolute atomic E-state index is 0.0819. The van der Waals surface area contributed by atoms with E-state index in [-0.39, 0.29) is 5.91 Å². The molecule has 0 aromatic carbocycles. The van der Waals surface area contributed by atoms with Gasteiger partial charge < -0.3 is 11.1 Å². The molecule has 0 aliphatic carbocycles. The highest BCUT2D eigenvalue weighted by molar-refractivity contribution is 7.13. The van der Waals surface area contributed by atoms with E-state index in [4.69, 9.17) is 5.73 Å². The van der Waals surface area contributed by atoms with E-state index in [2.05, 4.69) is 17.2 Å². The lowest BCUT2D eigenvalue weighted by Crippen LogP contribution is -2.22. The first-order valence-electron chi connectivity index (χ1n) is 4.69. The SMILES string of the molecule is CCCCC(=O)NCc1csc(N)n1. The minimum Gasteiger partial charge on any atom is -0.375 e. The summed E-state index contributed by atoms with van der Waals surface area (Å²) in [7, 11) is 0. The summed E-state index contributed by atoms with van der Waals surface area (Å²) < 4.78 is 0.